The number of hydrogen-bond acceptors (Lipinski definition) is 5. The Labute approximate surface area is 182 Å². The highest BCUT2D eigenvalue weighted by molar-refractivity contribution is 6.06. The molecule has 0 atom stereocenters. The molecule has 0 bridgehead atoms. The molecule has 0 saturated heterocycles. The van der Waals surface area contributed by atoms with Gasteiger partial charge in [-0.15, -0.1) is 0 Å². The molecule has 4 rings (SSSR count). The van der Waals surface area contributed by atoms with Gasteiger partial charge in [0.2, 0.25) is 5.71 Å². The van der Waals surface area contributed by atoms with Crippen LogP contribution in [0.15, 0.2) is 64.1 Å². The van der Waals surface area contributed by atoms with Gasteiger partial charge in [-0.25, -0.2) is 9.78 Å². The molecule has 3 amide bonds. The number of benzene rings is 2. The second kappa shape index (κ2) is 8.76. The zero-order chi connectivity index (χ0) is 22.7. The lowest BCUT2D eigenvalue weighted by Crippen LogP contribution is -2.25. The minimum Gasteiger partial charge on any atom is -0.442 e. The molecule has 0 fully saturated rings. The summed E-state index contributed by atoms with van der Waals surface area (Å²) >= 11 is 0. The van der Waals surface area contributed by atoms with Crippen LogP contribution in [0.25, 0.3) is 11.1 Å². The zero-order valence-corrected chi connectivity index (χ0v) is 17.5. The van der Waals surface area contributed by atoms with Crippen LogP contribution >= 0.6 is 0 Å². The maximum Gasteiger partial charge on any atom is 0.323 e. The van der Waals surface area contributed by atoms with Crippen molar-refractivity contribution in [2.45, 2.75) is 20.4 Å². The van der Waals surface area contributed by atoms with Crippen molar-refractivity contribution >= 4 is 34.4 Å². The van der Waals surface area contributed by atoms with Crippen molar-refractivity contribution in [3.63, 3.8) is 0 Å². The number of H-pyrrole nitrogens is 1. The number of carbonyl (C=O) groups excluding carboxylic acids is 2. The average Bonchev–Trinajstić information content (AvgIpc) is 3.09. The smallest absolute Gasteiger partial charge is 0.323 e. The summed E-state index contributed by atoms with van der Waals surface area (Å²) in [6, 6.07) is 14.2. The van der Waals surface area contributed by atoms with Crippen LogP contribution in [-0.4, -0.2) is 21.9 Å². The summed E-state index contributed by atoms with van der Waals surface area (Å²) < 4.78 is 5.43. The molecule has 9 heteroatoms. The van der Waals surface area contributed by atoms with E-state index in [0.717, 1.165) is 11.1 Å². The maximum absolute atomic E-state index is 12.7. The van der Waals surface area contributed by atoms with Crippen molar-refractivity contribution in [3.05, 3.63) is 87.7 Å². The van der Waals surface area contributed by atoms with Crippen molar-refractivity contribution in [2.75, 3.05) is 10.6 Å². The first kappa shape index (κ1) is 20.9. The summed E-state index contributed by atoms with van der Waals surface area (Å²) in [5.74, 6) is -0.139. The Bertz CT molecular complexity index is 1370. The van der Waals surface area contributed by atoms with Crippen molar-refractivity contribution < 1.29 is 14.0 Å². The van der Waals surface area contributed by atoms with E-state index in [1.807, 2.05) is 31.2 Å². The van der Waals surface area contributed by atoms with Crippen LogP contribution in [-0.2, 0) is 6.54 Å². The summed E-state index contributed by atoms with van der Waals surface area (Å²) in [4.78, 5) is 43.5. The Morgan fingerprint density at radius 3 is 2.50 bits per heavy atom. The zero-order valence-electron chi connectivity index (χ0n) is 17.5. The van der Waals surface area contributed by atoms with E-state index in [1.54, 1.807) is 31.2 Å². The number of carbonyl (C=O) groups is 2. The quantitative estimate of drug-likeness (QED) is 0.383. The highest BCUT2D eigenvalue weighted by Gasteiger charge is 2.21. The Morgan fingerprint density at radius 2 is 1.75 bits per heavy atom. The van der Waals surface area contributed by atoms with Gasteiger partial charge in [-0.1, -0.05) is 24.3 Å². The molecule has 0 aliphatic rings. The van der Waals surface area contributed by atoms with Crippen LogP contribution < -0.4 is 21.5 Å². The van der Waals surface area contributed by atoms with Gasteiger partial charge in [0.25, 0.3) is 11.5 Å². The second-order valence-electron chi connectivity index (χ2n) is 7.28. The van der Waals surface area contributed by atoms with Crippen molar-refractivity contribution in [3.8, 4) is 0 Å². The molecule has 0 aliphatic heterocycles. The molecule has 2 aromatic heterocycles. The summed E-state index contributed by atoms with van der Waals surface area (Å²) in [7, 11) is 0. The number of amides is 3. The van der Waals surface area contributed by atoms with Gasteiger partial charge in [0, 0.05) is 17.9 Å². The third-order valence-electron chi connectivity index (χ3n) is 4.81. The molecule has 4 N–H and O–H groups in total. The van der Waals surface area contributed by atoms with E-state index in [-0.39, 0.29) is 29.2 Å². The fourth-order valence-corrected chi connectivity index (χ4v) is 3.37. The number of aromatic nitrogens is 2. The van der Waals surface area contributed by atoms with Crippen molar-refractivity contribution in [1.82, 2.24) is 15.3 Å². The number of urea groups is 1. The molecular weight excluding hydrogens is 410 g/mol. The number of anilines is 2. The molecule has 2 aromatic carbocycles. The maximum atomic E-state index is 12.7. The summed E-state index contributed by atoms with van der Waals surface area (Å²) in [5.41, 5.74) is 2.90. The summed E-state index contributed by atoms with van der Waals surface area (Å²) in [5, 5.41) is 8.45. The Balaban J connectivity index is 1.42. The van der Waals surface area contributed by atoms with Crippen molar-refractivity contribution in [2.24, 2.45) is 0 Å². The average molecular weight is 431 g/mol. The van der Waals surface area contributed by atoms with E-state index in [0.29, 0.717) is 17.1 Å². The normalized spacial score (nSPS) is 10.7. The van der Waals surface area contributed by atoms with Gasteiger partial charge >= 0.3 is 6.03 Å². The van der Waals surface area contributed by atoms with Gasteiger partial charge in [-0.2, -0.15) is 0 Å². The second-order valence-corrected chi connectivity index (χ2v) is 7.28. The molecule has 2 heterocycles. The van der Waals surface area contributed by atoms with E-state index in [2.05, 4.69) is 25.9 Å². The fourth-order valence-electron chi connectivity index (χ4n) is 3.37. The number of nitrogens with one attached hydrogen (secondary N) is 4. The molecule has 0 saturated carbocycles. The van der Waals surface area contributed by atoms with Crippen LogP contribution in [0.1, 0.15) is 27.2 Å². The van der Waals surface area contributed by atoms with E-state index in [1.165, 1.54) is 6.33 Å². The Morgan fingerprint density at radius 1 is 1.03 bits per heavy atom. The first-order valence-corrected chi connectivity index (χ1v) is 9.89. The minimum absolute atomic E-state index is 0.113. The van der Waals surface area contributed by atoms with E-state index in [9.17, 15) is 14.4 Å². The van der Waals surface area contributed by atoms with Crippen LogP contribution in [0.2, 0.25) is 0 Å². The van der Waals surface area contributed by atoms with Gasteiger partial charge in [0.05, 0.1) is 11.9 Å². The first-order valence-electron chi connectivity index (χ1n) is 9.89. The van der Waals surface area contributed by atoms with E-state index >= 15 is 0 Å². The lowest BCUT2D eigenvalue weighted by molar-refractivity contribution is 0.0950. The number of nitrogens with zero attached hydrogens (tertiary/aromatic N) is 1. The van der Waals surface area contributed by atoms with E-state index in [4.69, 9.17) is 4.42 Å². The Kier molecular flexibility index (Phi) is 5.71. The van der Waals surface area contributed by atoms with Crippen LogP contribution in [0.5, 0.6) is 0 Å². The number of aryl methyl sites for hydroxylation is 2. The van der Waals surface area contributed by atoms with Crippen LogP contribution in [0, 0.1) is 13.8 Å². The minimum atomic E-state index is -0.449. The SMILES string of the molecule is Cc1cccc(NC(=O)Nc2cccc(CNC(=O)c3c(C)oc4nc[nH]c(=O)c34)c2)c1. The van der Waals surface area contributed by atoms with E-state index < -0.39 is 11.5 Å². The number of hydrogen-bond donors (Lipinski definition) is 4. The molecule has 0 spiro atoms. The molecule has 0 unspecified atom stereocenters. The first-order chi connectivity index (χ1) is 15.4. The molecule has 9 nitrogen and oxygen atoms in total. The predicted octanol–water partition coefficient (Wildman–Crippen LogP) is 3.71. The number of rotatable bonds is 5. The highest BCUT2D eigenvalue weighted by atomic mass is 16.3. The molecule has 4 aromatic rings. The molecular formula is C23H21N5O4. The molecule has 162 valence electrons. The third kappa shape index (κ3) is 4.51. The predicted molar refractivity (Wildman–Crippen MR) is 121 cm³/mol. The van der Waals surface area contributed by atoms with Gasteiger partial charge in [0.1, 0.15) is 11.1 Å². The number of furan rings is 1. The monoisotopic (exact) mass is 431 g/mol. The summed E-state index contributed by atoms with van der Waals surface area (Å²) in [6.45, 7) is 3.74. The number of aromatic amines is 1. The topological polar surface area (TPSA) is 129 Å². The van der Waals surface area contributed by atoms with Crippen LogP contribution in [0.4, 0.5) is 16.2 Å². The third-order valence-corrected chi connectivity index (χ3v) is 4.81. The van der Waals surface area contributed by atoms with Crippen molar-refractivity contribution in [1.29, 1.82) is 0 Å². The van der Waals surface area contributed by atoms with Gasteiger partial charge in [0.15, 0.2) is 0 Å². The lowest BCUT2D eigenvalue weighted by Gasteiger charge is -2.10. The molecule has 0 radical (unpaired) electrons. The Hall–Kier alpha value is -4.40. The van der Waals surface area contributed by atoms with Crippen LogP contribution in [0.3, 0.4) is 0 Å². The largest absolute Gasteiger partial charge is 0.442 e. The molecule has 32 heavy (non-hydrogen) atoms. The number of fused-ring (bicyclic) bond motifs is 1. The highest BCUT2D eigenvalue weighted by Crippen LogP contribution is 2.20. The van der Waals surface area contributed by atoms with Gasteiger partial charge in [-0.05, 0) is 49.2 Å². The molecule has 0 aliphatic carbocycles. The van der Waals surface area contributed by atoms with Gasteiger partial charge in [-0.3, -0.25) is 9.59 Å². The van der Waals surface area contributed by atoms with Gasteiger partial charge < -0.3 is 25.4 Å². The fraction of sp³-hybridized carbons (Fsp3) is 0.130. The summed E-state index contributed by atoms with van der Waals surface area (Å²) in [6.07, 6.45) is 1.23. The standard InChI is InChI=1S/C23H21N5O4/c1-13-5-3-7-16(9-13)27-23(31)28-17-8-4-6-15(10-17)11-24-20(29)18-14(2)32-22-19(18)21(30)25-12-26-22/h3-10,12H,11H2,1-2H3,(H,24,29)(H,25,26,30)(H2,27,28,31). The lowest BCUT2D eigenvalue weighted by atomic mass is 10.1.